The molecular weight excluding hydrogens is 597 g/mol. The molecule has 36 heavy (non-hydrogen) atoms. The Kier molecular flexibility index (Phi) is 7.32. The van der Waals surface area contributed by atoms with Gasteiger partial charge in [0.15, 0.2) is 0 Å². The van der Waals surface area contributed by atoms with Gasteiger partial charge in [0.05, 0.1) is 27.2 Å². The fourth-order valence-corrected chi connectivity index (χ4v) is 4.83. The summed E-state index contributed by atoms with van der Waals surface area (Å²) in [4.78, 5) is 50.7. The Morgan fingerprint density at radius 2 is 1.78 bits per heavy atom. The normalized spacial score (nSPS) is 11.9. The van der Waals surface area contributed by atoms with E-state index in [1.165, 1.54) is 4.57 Å². The van der Waals surface area contributed by atoms with Crippen LogP contribution in [-0.2, 0) is 18.3 Å². The molecule has 0 aliphatic heterocycles. The van der Waals surface area contributed by atoms with Crippen LogP contribution in [0.1, 0.15) is 21.5 Å². The molecule has 0 spiro atoms. The molecule has 0 radical (unpaired) electrons. The number of aromatic nitrogens is 2. The number of nitrogens with one attached hydrogen (secondary N) is 1. The standard InChI is InChI=1S/C26H21ClIN3O5/c1-14-4-3-5-19(27)22(14)23(32)29-20(25(34)35)12-15-6-9-17(10-7-15)31-24(33)18-13-16(28)8-11-21(18)30(2)26(31)36/h3-11,13,20H,12H2,1-2H3,(H,29,32)(H,34,35). The van der Waals surface area contributed by atoms with E-state index in [4.69, 9.17) is 11.6 Å². The van der Waals surface area contributed by atoms with Gasteiger partial charge in [-0.05, 0) is 77.0 Å². The van der Waals surface area contributed by atoms with Crippen molar-refractivity contribution in [3.63, 3.8) is 0 Å². The smallest absolute Gasteiger partial charge is 0.335 e. The minimum atomic E-state index is -1.21. The number of hydrogen-bond donors (Lipinski definition) is 2. The van der Waals surface area contributed by atoms with Gasteiger partial charge < -0.3 is 10.4 Å². The van der Waals surface area contributed by atoms with Gasteiger partial charge in [0.1, 0.15) is 6.04 Å². The van der Waals surface area contributed by atoms with Gasteiger partial charge in [-0.15, -0.1) is 0 Å². The van der Waals surface area contributed by atoms with Crippen molar-refractivity contribution in [2.45, 2.75) is 19.4 Å². The molecule has 0 saturated heterocycles. The number of nitrogens with zero attached hydrogens (tertiary/aromatic N) is 2. The summed E-state index contributed by atoms with van der Waals surface area (Å²) in [6.07, 6.45) is -0.00627. The lowest BCUT2D eigenvalue weighted by Gasteiger charge is -2.17. The maximum Gasteiger partial charge on any atom is 0.335 e. The van der Waals surface area contributed by atoms with Crippen molar-refractivity contribution in [2.24, 2.45) is 7.05 Å². The maximum absolute atomic E-state index is 13.1. The summed E-state index contributed by atoms with van der Waals surface area (Å²) in [5, 5.41) is 12.9. The lowest BCUT2D eigenvalue weighted by atomic mass is 10.0. The third-order valence-electron chi connectivity index (χ3n) is 5.92. The van der Waals surface area contributed by atoms with E-state index in [2.05, 4.69) is 27.9 Å². The number of aryl methyl sites for hydroxylation is 2. The highest BCUT2D eigenvalue weighted by Gasteiger charge is 2.23. The minimum absolute atomic E-state index is 0.00627. The summed E-state index contributed by atoms with van der Waals surface area (Å²) in [6, 6.07) is 15.5. The first-order chi connectivity index (χ1) is 17.1. The first-order valence-electron chi connectivity index (χ1n) is 10.9. The van der Waals surface area contributed by atoms with Crippen LogP contribution in [0.5, 0.6) is 0 Å². The first-order valence-corrected chi connectivity index (χ1v) is 12.3. The lowest BCUT2D eigenvalue weighted by Crippen LogP contribution is -2.42. The molecule has 0 saturated carbocycles. The van der Waals surface area contributed by atoms with Crippen LogP contribution in [0.2, 0.25) is 5.02 Å². The van der Waals surface area contributed by atoms with E-state index in [0.29, 0.717) is 27.7 Å². The molecule has 4 aromatic rings. The summed E-state index contributed by atoms with van der Waals surface area (Å²) in [6.45, 7) is 1.72. The number of hydrogen-bond acceptors (Lipinski definition) is 4. The molecule has 0 fully saturated rings. The largest absolute Gasteiger partial charge is 0.480 e. The molecule has 10 heteroatoms. The van der Waals surface area contributed by atoms with Crippen LogP contribution in [0.3, 0.4) is 0 Å². The Morgan fingerprint density at radius 1 is 1.08 bits per heavy atom. The van der Waals surface area contributed by atoms with Crippen molar-refractivity contribution in [1.29, 1.82) is 0 Å². The summed E-state index contributed by atoms with van der Waals surface area (Å²) < 4.78 is 3.36. The summed E-state index contributed by atoms with van der Waals surface area (Å²) in [5.41, 5.74) is 1.41. The van der Waals surface area contributed by atoms with Gasteiger partial charge in [0.2, 0.25) is 0 Å². The van der Waals surface area contributed by atoms with Crippen LogP contribution < -0.4 is 16.6 Å². The Balaban J connectivity index is 1.63. The van der Waals surface area contributed by atoms with Crippen molar-refractivity contribution in [3.05, 3.63) is 107 Å². The molecular formula is C26H21ClIN3O5. The SMILES string of the molecule is Cc1cccc(Cl)c1C(=O)NC(Cc1ccc(-n2c(=O)c3cc(I)ccc3n(C)c2=O)cc1)C(=O)O. The van der Waals surface area contributed by atoms with E-state index >= 15 is 0 Å². The maximum atomic E-state index is 13.1. The molecule has 2 N–H and O–H groups in total. The van der Waals surface area contributed by atoms with Gasteiger partial charge >= 0.3 is 11.7 Å². The molecule has 1 amide bonds. The number of benzene rings is 3. The molecule has 0 aliphatic rings. The highest BCUT2D eigenvalue weighted by atomic mass is 127. The number of fused-ring (bicyclic) bond motifs is 1. The number of carbonyl (C=O) groups is 2. The molecule has 4 rings (SSSR count). The fraction of sp³-hybridized carbons (Fsp3) is 0.154. The summed E-state index contributed by atoms with van der Waals surface area (Å²) in [7, 11) is 1.60. The Hall–Kier alpha value is -3.44. The number of halogens is 2. The topological polar surface area (TPSA) is 110 Å². The molecule has 1 atom stereocenters. The molecule has 8 nitrogen and oxygen atoms in total. The predicted molar refractivity (Wildman–Crippen MR) is 146 cm³/mol. The van der Waals surface area contributed by atoms with Crippen LogP contribution in [0.15, 0.2) is 70.3 Å². The van der Waals surface area contributed by atoms with Gasteiger partial charge in [0.25, 0.3) is 11.5 Å². The first kappa shape index (κ1) is 25.6. The molecule has 1 aromatic heterocycles. The molecule has 1 unspecified atom stereocenters. The van der Waals surface area contributed by atoms with Crippen molar-refractivity contribution in [1.82, 2.24) is 14.5 Å². The average molecular weight is 618 g/mol. The second kappa shape index (κ2) is 10.3. The third-order valence-corrected chi connectivity index (χ3v) is 6.90. The molecule has 3 aromatic carbocycles. The number of carboxylic acids is 1. The van der Waals surface area contributed by atoms with Crippen molar-refractivity contribution in [2.75, 3.05) is 0 Å². The van der Waals surface area contributed by atoms with Crippen LogP contribution in [0.4, 0.5) is 0 Å². The van der Waals surface area contributed by atoms with E-state index in [-0.39, 0.29) is 17.0 Å². The zero-order chi connectivity index (χ0) is 26.1. The zero-order valence-corrected chi connectivity index (χ0v) is 22.2. The second-order valence-electron chi connectivity index (χ2n) is 8.31. The second-order valence-corrected chi connectivity index (χ2v) is 9.96. The van der Waals surface area contributed by atoms with Crippen LogP contribution in [-0.4, -0.2) is 32.2 Å². The molecule has 0 aliphatic carbocycles. The van der Waals surface area contributed by atoms with E-state index in [0.717, 1.165) is 8.14 Å². The molecule has 1 heterocycles. The van der Waals surface area contributed by atoms with E-state index < -0.39 is 29.2 Å². The van der Waals surface area contributed by atoms with Crippen LogP contribution >= 0.6 is 34.2 Å². The molecule has 184 valence electrons. The van der Waals surface area contributed by atoms with Gasteiger partial charge in [-0.2, -0.15) is 0 Å². The van der Waals surface area contributed by atoms with E-state index in [1.807, 2.05) is 6.07 Å². The highest BCUT2D eigenvalue weighted by Crippen LogP contribution is 2.20. The Morgan fingerprint density at radius 3 is 2.42 bits per heavy atom. The van der Waals surface area contributed by atoms with Gasteiger partial charge in [-0.25, -0.2) is 14.2 Å². The number of amides is 1. The van der Waals surface area contributed by atoms with Gasteiger partial charge in [-0.3, -0.25) is 14.2 Å². The highest BCUT2D eigenvalue weighted by molar-refractivity contribution is 14.1. The number of aliphatic carboxylic acids is 1. The molecule has 0 bridgehead atoms. The average Bonchev–Trinajstić information content (AvgIpc) is 2.83. The predicted octanol–water partition coefficient (Wildman–Crippen LogP) is 3.68. The fourth-order valence-electron chi connectivity index (χ4n) is 4.03. The van der Waals surface area contributed by atoms with Crippen molar-refractivity contribution in [3.8, 4) is 5.69 Å². The Labute approximate surface area is 224 Å². The number of carbonyl (C=O) groups excluding carboxylic acids is 1. The summed E-state index contributed by atoms with van der Waals surface area (Å²) >= 11 is 8.25. The van der Waals surface area contributed by atoms with Crippen LogP contribution in [0.25, 0.3) is 16.6 Å². The monoisotopic (exact) mass is 617 g/mol. The number of rotatable bonds is 6. The lowest BCUT2D eigenvalue weighted by molar-refractivity contribution is -0.139. The third kappa shape index (κ3) is 4.93. The van der Waals surface area contributed by atoms with Gasteiger partial charge in [-0.1, -0.05) is 35.9 Å². The van der Waals surface area contributed by atoms with E-state index in [1.54, 1.807) is 68.6 Å². The quantitative estimate of drug-likeness (QED) is 0.321. The van der Waals surface area contributed by atoms with Crippen molar-refractivity contribution >= 4 is 57.0 Å². The van der Waals surface area contributed by atoms with Crippen LogP contribution in [0, 0.1) is 10.5 Å². The Bertz CT molecular complexity index is 1610. The van der Waals surface area contributed by atoms with Gasteiger partial charge in [0, 0.05) is 17.0 Å². The number of carboxylic acid groups (broad SMARTS) is 1. The minimum Gasteiger partial charge on any atom is -0.480 e. The summed E-state index contributed by atoms with van der Waals surface area (Å²) in [5.74, 6) is -1.78. The van der Waals surface area contributed by atoms with Crippen molar-refractivity contribution < 1.29 is 14.7 Å². The zero-order valence-electron chi connectivity index (χ0n) is 19.3. The van der Waals surface area contributed by atoms with E-state index in [9.17, 15) is 24.3 Å².